The third kappa shape index (κ3) is 8.81. The topological polar surface area (TPSA) is 97.4 Å². The van der Waals surface area contributed by atoms with E-state index in [1.165, 1.54) is 6.92 Å². The number of esters is 3. The van der Waals surface area contributed by atoms with Gasteiger partial charge in [-0.15, -0.1) is 0 Å². The van der Waals surface area contributed by atoms with E-state index in [1.54, 1.807) is 45.0 Å². The van der Waals surface area contributed by atoms with Crippen LogP contribution in [0, 0.1) is 17.8 Å². The molecule has 0 N–H and O–H groups in total. The van der Waals surface area contributed by atoms with Crippen LogP contribution in [-0.4, -0.2) is 55.7 Å². The van der Waals surface area contributed by atoms with E-state index in [2.05, 4.69) is 11.8 Å². The van der Waals surface area contributed by atoms with Crippen molar-refractivity contribution in [2.45, 2.75) is 71.4 Å². The average Bonchev–Trinajstić information content (AvgIpc) is 3.61. The molecule has 0 aliphatic heterocycles. The third-order valence-electron chi connectivity index (χ3n) is 4.90. The fourth-order valence-electron chi connectivity index (χ4n) is 3.15. The lowest BCUT2D eigenvalue weighted by Crippen LogP contribution is -2.54. The second kappa shape index (κ2) is 13.7. The highest BCUT2D eigenvalue weighted by Gasteiger charge is 2.51. The molecule has 0 saturated heterocycles. The Labute approximate surface area is 201 Å². The number of ether oxygens (including phenoxy) is 5. The Morgan fingerprint density at radius 3 is 2.21 bits per heavy atom. The SMILES string of the molecule is CCOC(=O)C(Cc1ccccc1)(OCC(C)OC(CC#CC1CC1)OC(C)=O)C(=O)OCC. The van der Waals surface area contributed by atoms with Crippen molar-refractivity contribution in [2.75, 3.05) is 19.8 Å². The summed E-state index contributed by atoms with van der Waals surface area (Å²) in [6.45, 7) is 6.25. The summed E-state index contributed by atoms with van der Waals surface area (Å²) in [6, 6.07) is 9.00. The molecule has 0 amide bonds. The number of rotatable bonds is 13. The van der Waals surface area contributed by atoms with Gasteiger partial charge in [0.05, 0.1) is 32.3 Å². The van der Waals surface area contributed by atoms with Gasteiger partial charge in [-0.2, -0.15) is 0 Å². The summed E-state index contributed by atoms with van der Waals surface area (Å²) in [4.78, 5) is 37.5. The van der Waals surface area contributed by atoms with Crippen LogP contribution < -0.4 is 0 Å². The second-order valence-corrected chi connectivity index (χ2v) is 8.03. The molecule has 0 aromatic heterocycles. The van der Waals surface area contributed by atoms with E-state index in [-0.39, 0.29) is 32.7 Å². The molecule has 2 rings (SSSR count). The van der Waals surface area contributed by atoms with Gasteiger partial charge in [-0.1, -0.05) is 42.2 Å². The Morgan fingerprint density at radius 2 is 1.68 bits per heavy atom. The Kier molecular flexibility index (Phi) is 11.0. The van der Waals surface area contributed by atoms with Crippen LogP contribution in [0.4, 0.5) is 0 Å². The molecule has 8 heteroatoms. The van der Waals surface area contributed by atoms with E-state index in [1.807, 2.05) is 6.07 Å². The Hall–Kier alpha value is -2.89. The van der Waals surface area contributed by atoms with E-state index in [4.69, 9.17) is 23.7 Å². The van der Waals surface area contributed by atoms with Gasteiger partial charge >= 0.3 is 17.9 Å². The Bertz CT molecular complexity index is 848. The molecular weight excluding hydrogens is 440 g/mol. The first-order valence-electron chi connectivity index (χ1n) is 11.6. The number of carbonyl (C=O) groups is 3. The van der Waals surface area contributed by atoms with E-state index in [0.717, 1.165) is 12.8 Å². The third-order valence-corrected chi connectivity index (χ3v) is 4.90. The number of hydrogen-bond acceptors (Lipinski definition) is 8. The summed E-state index contributed by atoms with van der Waals surface area (Å²) >= 11 is 0. The van der Waals surface area contributed by atoms with Gasteiger partial charge in [-0.05, 0) is 39.2 Å². The van der Waals surface area contributed by atoms with Gasteiger partial charge in [0.1, 0.15) is 0 Å². The van der Waals surface area contributed by atoms with Crippen LogP contribution in [0.25, 0.3) is 0 Å². The molecule has 8 nitrogen and oxygen atoms in total. The second-order valence-electron chi connectivity index (χ2n) is 8.03. The van der Waals surface area contributed by atoms with Gasteiger partial charge in [0.2, 0.25) is 6.29 Å². The van der Waals surface area contributed by atoms with Gasteiger partial charge in [0.25, 0.3) is 5.60 Å². The largest absolute Gasteiger partial charge is 0.463 e. The van der Waals surface area contributed by atoms with Crippen LogP contribution in [0.3, 0.4) is 0 Å². The molecule has 0 spiro atoms. The lowest BCUT2D eigenvalue weighted by Gasteiger charge is -2.31. The smallest absolute Gasteiger partial charge is 0.350 e. The minimum absolute atomic E-state index is 0.0678. The van der Waals surface area contributed by atoms with Gasteiger partial charge < -0.3 is 23.7 Å². The van der Waals surface area contributed by atoms with Gasteiger partial charge in [-0.3, -0.25) is 4.79 Å². The Balaban J connectivity index is 2.17. The maximum Gasteiger partial charge on any atom is 0.350 e. The van der Waals surface area contributed by atoms with Gasteiger partial charge in [0.15, 0.2) is 0 Å². The fourth-order valence-corrected chi connectivity index (χ4v) is 3.15. The minimum atomic E-state index is -2.01. The predicted octanol–water partition coefficient (Wildman–Crippen LogP) is 3.21. The molecule has 1 fully saturated rings. The van der Waals surface area contributed by atoms with Crippen molar-refractivity contribution in [3.05, 3.63) is 35.9 Å². The number of benzene rings is 1. The predicted molar refractivity (Wildman–Crippen MR) is 123 cm³/mol. The summed E-state index contributed by atoms with van der Waals surface area (Å²) in [5.41, 5.74) is -1.31. The molecular formula is C26H34O8. The summed E-state index contributed by atoms with van der Waals surface area (Å²) in [7, 11) is 0. The molecule has 2 atom stereocenters. The summed E-state index contributed by atoms with van der Waals surface area (Å²) in [5.74, 6) is 4.33. The van der Waals surface area contributed by atoms with Crippen LogP contribution in [-0.2, 0) is 44.5 Å². The van der Waals surface area contributed by atoms with Crippen molar-refractivity contribution >= 4 is 17.9 Å². The first-order valence-corrected chi connectivity index (χ1v) is 11.6. The summed E-state index contributed by atoms with van der Waals surface area (Å²) in [6.07, 6.45) is 0.787. The zero-order chi connectivity index (χ0) is 25.0. The molecule has 0 bridgehead atoms. The molecule has 1 aromatic carbocycles. The van der Waals surface area contributed by atoms with Crippen LogP contribution in [0.15, 0.2) is 30.3 Å². The molecule has 0 heterocycles. The van der Waals surface area contributed by atoms with Crippen LogP contribution >= 0.6 is 0 Å². The van der Waals surface area contributed by atoms with Crippen molar-refractivity contribution in [2.24, 2.45) is 5.92 Å². The van der Waals surface area contributed by atoms with Crippen molar-refractivity contribution in [3.8, 4) is 11.8 Å². The standard InChI is InChI=1S/C26H34O8/c1-5-30-24(28)26(25(29)31-6-2,17-22-11-8-7-9-12-22)32-18-19(3)33-23(34-20(4)27)14-10-13-21-15-16-21/h7-9,11-12,19,21,23H,5-6,14-18H2,1-4H3. The first kappa shape index (κ1) is 27.4. The molecule has 1 aromatic rings. The van der Waals surface area contributed by atoms with Crippen LogP contribution in [0.2, 0.25) is 0 Å². The lowest BCUT2D eigenvalue weighted by molar-refractivity contribution is -0.207. The molecule has 34 heavy (non-hydrogen) atoms. The highest BCUT2D eigenvalue weighted by Crippen LogP contribution is 2.27. The lowest BCUT2D eigenvalue weighted by atomic mass is 9.94. The highest BCUT2D eigenvalue weighted by atomic mass is 16.7. The zero-order valence-electron chi connectivity index (χ0n) is 20.3. The molecule has 1 aliphatic carbocycles. The van der Waals surface area contributed by atoms with Gasteiger partial charge in [-0.25, -0.2) is 9.59 Å². The average molecular weight is 475 g/mol. The van der Waals surface area contributed by atoms with Crippen LogP contribution in [0.5, 0.6) is 0 Å². The maximum absolute atomic E-state index is 13.0. The van der Waals surface area contributed by atoms with Gasteiger partial charge in [0, 0.05) is 19.3 Å². The van der Waals surface area contributed by atoms with Crippen molar-refractivity contribution in [1.82, 2.24) is 0 Å². The quantitative estimate of drug-likeness (QED) is 0.141. The van der Waals surface area contributed by atoms with Crippen molar-refractivity contribution in [1.29, 1.82) is 0 Å². The minimum Gasteiger partial charge on any atom is -0.463 e. The first-order chi connectivity index (χ1) is 16.3. The van der Waals surface area contributed by atoms with E-state index in [0.29, 0.717) is 11.5 Å². The molecule has 0 radical (unpaired) electrons. The summed E-state index contributed by atoms with van der Waals surface area (Å²) < 4.78 is 27.4. The molecule has 1 aliphatic rings. The summed E-state index contributed by atoms with van der Waals surface area (Å²) in [5, 5.41) is 0. The molecule has 1 saturated carbocycles. The van der Waals surface area contributed by atoms with Crippen molar-refractivity contribution < 1.29 is 38.1 Å². The number of carbonyl (C=O) groups excluding carboxylic acids is 3. The molecule has 186 valence electrons. The highest BCUT2D eigenvalue weighted by molar-refractivity contribution is 6.04. The van der Waals surface area contributed by atoms with E-state index >= 15 is 0 Å². The Morgan fingerprint density at radius 1 is 1.06 bits per heavy atom. The van der Waals surface area contributed by atoms with Crippen molar-refractivity contribution in [3.63, 3.8) is 0 Å². The number of hydrogen-bond donors (Lipinski definition) is 0. The maximum atomic E-state index is 13.0. The van der Waals surface area contributed by atoms with E-state index in [9.17, 15) is 14.4 Å². The monoisotopic (exact) mass is 474 g/mol. The van der Waals surface area contributed by atoms with Crippen LogP contribution in [0.1, 0.15) is 52.5 Å². The molecule has 2 unspecified atom stereocenters. The normalized spacial score (nSPS) is 14.8. The fraction of sp³-hybridized carbons (Fsp3) is 0.577. The zero-order valence-corrected chi connectivity index (χ0v) is 20.3. The van der Waals surface area contributed by atoms with E-state index < -0.39 is 35.9 Å².